The highest BCUT2D eigenvalue weighted by Gasteiger charge is 2.06. The number of anilines is 2. The number of benzene rings is 2. The van der Waals surface area contributed by atoms with Crippen LogP contribution in [0.25, 0.3) is 11.4 Å². The number of hydrogen-bond donors (Lipinski definition) is 2. The molecule has 0 saturated carbocycles. The number of para-hydroxylation sites is 1. The van der Waals surface area contributed by atoms with Crippen molar-refractivity contribution >= 4 is 17.4 Å². The maximum atomic E-state index is 11.9. The van der Waals surface area contributed by atoms with Crippen molar-refractivity contribution in [2.45, 2.75) is 0 Å². The first-order chi connectivity index (χ1) is 10.7. The molecular formula is C15H14N6O. The average molecular weight is 294 g/mol. The average Bonchev–Trinajstić information content (AvgIpc) is 2.95. The summed E-state index contributed by atoms with van der Waals surface area (Å²) >= 11 is 0. The van der Waals surface area contributed by atoms with E-state index in [9.17, 15) is 4.79 Å². The van der Waals surface area contributed by atoms with Crippen molar-refractivity contribution in [2.24, 2.45) is 7.05 Å². The Hall–Kier alpha value is -3.22. The zero-order valence-corrected chi connectivity index (χ0v) is 11.9. The van der Waals surface area contributed by atoms with Crippen LogP contribution in [0.3, 0.4) is 0 Å². The monoisotopic (exact) mass is 294 g/mol. The molecule has 3 rings (SSSR count). The number of nitrogens with zero attached hydrogens (tertiary/aromatic N) is 4. The largest absolute Gasteiger partial charge is 0.323 e. The quantitative estimate of drug-likeness (QED) is 0.777. The molecular weight excluding hydrogens is 280 g/mol. The maximum Gasteiger partial charge on any atom is 0.323 e. The molecule has 0 atom stereocenters. The lowest BCUT2D eigenvalue weighted by molar-refractivity contribution is 0.262. The van der Waals surface area contributed by atoms with Crippen LogP contribution in [0.15, 0.2) is 54.6 Å². The second-order valence-electron chi connectivity index (χ2n) is 4.65. The zero-order chi connectivity index (χ0) is 15.4. The molecule has 0 bridgehead atoms. The van der Waals surface area contributed by atoms with Gasteiger partial charge in [0.15, 0.2) is 5.82 Å². The van der Waals surface area contributed by atoms with Crippen LogP contribution in [0.5, 0.6) is 0 Å². The van der Waals surface area contributed by atoms with Crippen molar-refractivity contribution in [1.29, 1.82) is 0 Å². The number of rotatable bonds is 3. The molecule has 1 aromatic heterocycles. The van der Waals surface area contributed by atoms with Crippen molar-refractivity contribution in [3.8, 4) is 11.4 Å². The van der Waals surface area contributed by atoms with Crippen LogP contribution in [-0.2, 0) is 7.05 Å². The van der Waals surface area contributed by atoms with Gasteiger partial charge in [-0.2, -0.15) is 0 Å². The van der Waals surface area contributed by atoms with Crippen LogP contribution in [0.4, 0.5) is 16.2 Å². The SMILES string of the molecule is Cn1nnnc1-c1ccc(NC(=O)Nc2ccccc2)cc1. The highest BCUT2D eigenvalue weighted by Crippen LogP contribution is 2.18. The van der Waals surface area contributed by atoms with E-state index in [0.717, 1.165) is 11.3 Å². The minimum absolute atomic E-state index is 0.292. The summed E-state index contributed by atoms with van der Waals surface area (Å²) in [4.78, 5) is 11.9. The molecule has 0 aliphatic heterocycles. The van der Waals surface area contributed by atoms with Crippen LogP contribution >= 0.6 is 0 Å². The number of aryl methyl sites for hydroxylation is 1. The van der Waals surface area contributed by atoms with Crippen LogP contribution < -0.4 is 10.6 Å². The van der Waals surface area contributed by atoms with Crippen molar-refractivity contribution in [3.05, 3.63) is 54.6 Å². The summed E-state index contributed by atoms with van der Waals surface area (Å²) in [5.41, 5.74) is 2.30. The van der Waals surface area contributed by atoms with Gasteiger partial charge in [0, 0.05) is 24.0 Å². The molecule has 2 aromatic carbocycles. The van der Waals surface area contributed by atoms with Gasteiger partial charge in [-0.15, -0.1) is 5.10 Å². The van der Waals surface area contributed by atoms with Gasteiger partial charge >= 0.3 is 6.03 Å². The minimum atomic E-state index is -0.292. The summed E-state index contributed by atoms with van der Waals surface area (Å²) in [5, 5.41) is 16.8. The lowest BCUT2D eigenvalue weighted by Crippen LogP contribution is -2.19. The van der Waals surface area contributed by atoms with E-state index in [2.05, 4.69) is 26.2 Å². The van der Waals surface area contributed by atoms with Crippen molar-refractivity contribution in [3.63, 3.8) is 0 Å². The van der Waals surface area contributed by atoms with Gasteiger partial charge in [-0.25, -0.2) is 9.48 Å². The van der Waals surface area contributed by atoms with Crippen LogP contribution in [0.2, 0.25) is 0 Å². The lowest BCUT2D eigenvalue weighted by atomic mass is 10.2. The molecule has 110 valence electrons. The third-order valence-corrected chi connectivity index (χ3v) is 3.05. The number of carbonyl (C=O) groups is 1. The first kappa shape index (κ1) is 13.7. The number of carbonyl (C=O) groups excluding carboxylic acids is 1. The number of aromatic nitrogens is 4. The number of amides is 2. The van der Waals surface area contributed by atoms with Crippen molar-refractivity contribution in [1.82, 2.24) is 20.2 Å². The van der Waals surface area contributed by atoms with E-state index >= 15 is 0 Å². The van der Waals surface area contributed by atoms with E-state index in [4.69, 9.17) is 0 Å². The molecule has 0 radical (unpaired) electrons. The Labute approximate surface area is 127 Å². The van der Waals surface area contributed by atoms with Crippen LogP contribution in [0.1, 0.15) is 0 Å². The summed E-state index contributed by atoms with van der Waals surface area (Å²) in [6, 6.07) is 16.3. The van der Waals surface area contributed by atoms with E-state index in [1.165, 1.54) is 0 Å². The standard InChI is InChI=1S/C15H14N6O/c1-21-14(18-19-20-21)11-7-9-13(10-8-11)17-15(22)16-12-5-3-2-4-6-12/h2-10H,1H3,(H2,16,17,22). The summed E-state index contributed by atoms with van der Waals surface area (Å²) in [5.74, 6) is 0.667. The molecule has 0 saturated heterocycles. The molecule has 0 spiro atoms. The van der Waals surface area contributed by atoms with Crippen molar-refractivity contribution in [2.75, 3.05) is 10.6 Å². The third-order valence-electron chi connectivity index (χ3n) is 3.05. The molecule has 0 aliphatic rings. The fourth-order valence-electron chi connectivity index (χ4n) is 1.99. The van der Waals surface area contributed by atoms with E-state index in [1.807, 2.05) is 42.5 Å². The molecule has 0 aliphatic carbocycles. The molecule has 2 amide bonds. The molecule has 0 unspecified atom stereocenters. The Balaban J connectivity index is 1.66. The predicted molar refractivity (Wildman–Crippen MR) is 83.3 cm³/mol. The first-order valence-electron chi connectivity index (χ1n) is 6.68. The highest BCUT2D eigenvalue weighted by molar-refractivity contribution is 5.99. The van der Waals surface area contributed by atoms with E-state index in [-0.39, 0.29) is 6.03 Å². The zero-order valence-electron chi connectivity index (χ0n) is 11.9. The molecule has 7 nitrogen and oxygen atoms in total. The predicted octanol–water partition coefficient (Wildman–Crippen LogP) is 2.52. The fourth-order valence-corrected chi connectivity index (χ4v) is 1.99. The topological polar surface area (TPSA) is 84.7 Å². The summed E-state index contributed by atoms with van der Waals surface area (Å²) < 4.78 is 1.59. The van der Waals surface area contributed by atoms with Gasteiger partial charge in [-0.05, 0) is 46.8 Å². The maximum absolute atomic E-state index is 11.9. The number of nitrogens with one attached hydrogen (secondary N) is 2. The van der Waals surface area contributed by atoms with E-state index in [1.54, 1.807) is 23.9 Å². The van der Waals surface area contributed by atoms with Crippen molar-refractivity contribution < 1.29 is 4.79 Å². The summed E-state index contributed by atoms with van der Waals surface area (Å²) in [6.07, 6.45) is 0. The van der Waals surface area contributed by atoms with Crippen LogP contribution in [-0.4, -0.2) is 26.2 Å². The number of urea groups is 1. The van der Waals surface area contributed by atoms with E-state index in [0.29, 0.717) is 11.5 Å². The molecule has 7 heteroatoms. The Morgan fingerprint density at radius 2 is 1.59 bits per heavy atom. The Morgan fingerprint density at radius 3 is 2.18 bits per heavy atom. The summed E-state index contributed by atoms with van der Waals surface area (Å²) in [6.45, 7) is 0. The fraction of sp³-hybridized carbons (Fsp3) is 0.0667. The smallest absolute Gasteiger partial charge is 0.308 e. The lowest BCUT2D eigenvalue weighted by Gasteiger charge is -2.08. The second-order valence-corrected chi connectivity index (χ2v) is 4.65. The van der Waals surface area contributed by atoms with Gasteiger partial charge in [-0.3, -0.25) is 0 Å². The Kier molecular flexibility index (Phi) is 3.78. The van der Waals surface area contributed by atoms with Gasteiger partial charge in [0.2, 0.25) is 0 Å². The Bertz CT molecular complexity index is 766. The summed E-state index contributed by atoms with van der Waals surface area (Å²) in [7, 11) is 1.77. The molecule has 22 heavy (non-hydrogen) atoms. The van der Waals surface area contributed by atoms with Crippen LogP contribution in [0, 0.1) is 0 Å². The molecule has 3 aromatic rings. The molecule has 2 N–H and O–H groups in total. The van der Waals surface area contributed by atoms with Gasteiger partial charge < -0.3 is 10.6 Å². The molecule has 1 heterocycles. The third kappa shape index (κ3) is 3.09. The van der Waals surface area contributed by atoms with Gasteiger partial charge in [0.25, 0.3) is 0 Å². The number of tetrazole rings is 1. The Morgan fingerprint density at radius 1 is 0.955 bits per heavy atom. The van der Waals surface area contributed by atoms with E-state index < -0.39 is 0 Å². The normalized spacial score (nSPS) is 10.2. The van der Waals surface area contributed by atoms with Gasteiger partial charge in [0.1, 0.15) is 0 Å². The number of hydrogen-bond acceptors (Lipinski definition) is 4. The minimum Gasteiger partial charge on any atom is -0.308 e. The molecule has 0 fully saturated rings. The first-order valence-corrected chi connectivity index (χ1v) is 6.68. The highest BCUT2D eigenvalue weighted by atomic mass is 16.2. The van der Waals surface area contributed by atoms with Gasteiger partial charge in [-0.1, -0.05) is 18.2 Å². The van der Waals surface area contributed by atoms with Gasteiger partial charge in [0.05, 0.1) is 0 Å². The second kappa shape index (κ2) is 6.04.